The molecule has 1 atom stereocenters. The Bertz CT molecular complexity index is 444. The number of aromatic nitrogens is 2. The Morgan fingerprint density at radius 2 is 2.44 bits per heavy atom. The van der Waals surface area contributed by atoms with Crippen molar-refractivity contribution in [3.63, 3.8) is 0 Å². The summed E-state index contributed by atoms with van der Waals surface area (Å²) in [5, 5.41) is 16.3. The fourth-order valence-electron chi connectivity index (χ4n) is 2.59. The smallest absolute Gasteiger partial charge is 0.310 e. The summed E-state index contributed by atoms with van der Waals surface area (Å²) < 4.78 is 0.946. The molecular weight excluding hydrogens is 298 g/mol. The number of rotatable bonds is 4. The van der Waals surface area contributed by atoms with Crippen molar-refractivity contribution in [2.75, 3.05) is 6.54 Å². The molecule has 0 radical (unpaired) electrons. The number of carboxylic acid groups (broad SMARTS) is 1. The highest BCUT2D eigenvalue weighted by Gasteiger charge is 2.42. The third kappa shape index (κ3) is 2.44. The third-order valence-electron chi connectivity index (χ3n) is 3.77. The zero-order valence-corrected chi connectivity index (χ0v) is 12.2. The lowest BCUT2D eigenvalue weighted by Crippen LogP contribution is -2.45. The lowest BCUT2D eigenvalue weighted by Gasteiger charge is -2.34. The predicted octanol–water partition coefficient (Wildman–Crippen LogP) is 2.25. The SMILES string of the molecule is CC(C)(C(=O)O)C1CCCN1Cc1[nH]ncc1Br. The van der Waals surface area contributed by atoms with Crippen molar-refractivity contribution < 1.29 is 9.90 Å². The summed E-state index contributed by atoms with van der Waals surface area (Å²) in [6, 6.07) is 0.0743. The van der Waals surface area contributed by atoms with Crippen LogP contribution < -0.4 is 0 Å². The molecule has 5 nitrogen and oxygen atoms in total. The Balaban J connectivity index is 2.13. The number of hydrogen-bond acceptors (Lipinski definition) is 3. The van der Waals surface area contributed by atoms with Crippen molar-refractivity contribution in [2.24, 2.45) is 5.41 Å². The molecule has 0 amide bonds. The van der Waals surface area contributed by atoms with Gasteiger partial charge in [0.05, 0.1) is 21.8 Å². The molecule has 1 saturated heterocycles. The molecule has 100 valence electrons. The molecular formula is C12H18BrN3O2. The first-order valence-corrected chi connectivity index (χ1v) is 6.87. The van der Waals surface area contributed by atoms with E-state index in [2.05, 4.69) is 31.0 Å². The number of likely N-dealkylation sites (tertiary alicyclic amines) is 1. The van der Waals surface area contributed by atoms with Crippen LogP contribution in [0.25, 0.3) is 0 Å². The van der Waals surface area contributed by atoms with Crippen LogP contribution in [0, 0.1) is 5.41 Å². The highest BCUT2D eigenvalue weighted by molar-refractivity contribution is 9.10. The third-order valence-corrected chi connectivity index (χ3v) is 4.46. The van der Waals surface area contributed by atoms with Gasteiger partial charge in [-0.1, -0.05) is 0 Å². The van der Waals surface area contributed by atoms with Crippen molar-refractivity contribution in [3.05, 3.63) is 16.4 Å². The maximum atomic E-state index is 11.4. The van der Waals surface area contributed by atoms with E-state index >= 15 is 0 Å². The summed E-state index contributed by atoms with van der Waals surface area (Å²) in [7, 11) is 0. The van der Waals surface area contributed by atoms with Crippen LogP contribution in [0.3, 0.4) is 0 Å². The number of nitrogens with one attached hydrogen (secondary N) is 1. The van der Waals surface area contributed by atoms with Gasteiger partial charge in [-0.25, -0.2) is 0 Å². The largest absolute Gasteiger partial charge is 0.481 e. The summed E-state index contributed by atoms with van der Waals surface area (Å²) in [6.45, 7) is 5.26. The van der Waals surface area contributed by atoms with Gasteiger partial charge in [0.2, 0.25) is 0 Å². The Morgan fingerprint density at radius 1 is 1.72 bits per heavy atom. The van der Waals surface area contributed by atoms with E-state index in [1.807, 2.05) is 0 Å². The molecule has 18 heavy (non-hydrogen) atoms. The fourth-order valence-corrected chi connectivity index (χ4v) is 2.90. The molecule has 2 N–H and O–H groups in total. The number of nitrogens with zero attached hydrogens (tertiary/aromatic N) is 2. The molecule has 1 aromatic rings. The number of carboxylic acids is 1. The Hall–Kier alpha value is -0.880. The van der Waals surface area contributed by atoms with Gasteiger partial charge in [0, 0.05) is 12.6 Å². The van der Waals surface area contributed by atoms with Crippen LogP contribution >= 0.6 is 15.9 Å². The minimum Gasteiger partial charge on any atom is -0.481 e. The molecule has 1 aliphatic heterocycles. The number of halogens is 1. The summed E-state index contributed by atoms with van der Waals surface area (Å²) in [5.41, 5.74) is 0.284. The van der Waals surface area contributed by atoms with E-state index < -0.39 is 11.4 Å². The lowest BCUT2D eigenvalue weighted by molar-refractivity contribution is -0.150. The molecule has 0 bridgehead atoms. The molecule has 1 aliphatic rings. The number of aromatic amines is 1. The van der Waals surface area contributed by atoms with Gasteiger partial charge in [0.25, 0.3) is 0 Å². The van der Waals surface area contributed by atoms with Gasteiger partial charge in [-0.05, 0) is 49.2 Å². The second kappa shape index (κ2) is 5.01. The molecule has 6 heteroatoms. The van der Waals surface area contributed by atoms with Gasteiger partial charge in [0.1, 0.15) is 0 Å². The first-order chi connectivity index (χ1) is 8.43. The van der Waals surface area contributed by atoms with E-state index in [-0.39, 0.29) is 6.04 Å². The van der Waals surface area contributed by atoms with E-state index in [0.29, 0.717) is 6.54 Å². The van der Waals surface area contributed by atoms with E-state index in [1.165, 1.54) is 0 Å². The summed E-state index contributed by atoms with van der Waals surface area (Å²) in [6.07, 6.45) is 3.71. The highest BCUT2D eigenvalue weighted by atomic mass is 79.9. The molecule has 0 aromatic carbocycles. The van der Waals surface area contributed by atoms with Crippen LogP contribution in [-0.4, -0.2) is 38.8 Å². The van der Waals surface area contributed by atoms with Crippen LogP contribution in [0.1, 0.15) is 32.4 Å². The van der Waals surface area contributed by atoms with E-state index in [9.17, 15) is 9.90 Å². The number of H-pyrrole nitrogens is 1. The highest BCUT2D eigenvalue weighted by Crippen LogP contribution is 2.34. The van der Waals surface area contributed by atoms with Crippen LogP contribution in [0.5, 0.6) is 0 Å². The van der Waals surface area contributed by atoms with Crippen molar-refractivity contribution in [1.82, 2.24) is 15.1 Å². The second-order valence-corrected chi connectivity index (χ2v) is 6.21. The molecule has 0 aliphatic carbocycles. The normalized spacial score (nSPS) is 21.4. The monoisotopic (exact) mass is 315 g/mol. The van der Waals surface area contributed by atoms with Gasteiger partial charge in [0.15, 0.2) is 0 Å². The van der Waals surface area contributed by atoms with Crippen molar-refractivity contribution in [2.45, 2.75) is 39.3 Å². The number of aliphatic carboxylic acids is 1. The molecule has 0 spiro atoms. The summed E-state index contributed by atoms with van der Waals surface area (Å²) in [5.74, 6) is -0.733. The Labute approximate surface area is 115 Å². The number of carbonyl (C=O) groups is 1. The van der Waals surface area contributed by atoms with Crippen LogP contribution in [0.4, 0.5) is 0 Å². The molecule has 2 rings (SSSR count). The Kier molecular flexibility index (Phi) is 3.77. The van der Waals surface area contributed by atoms with Crippen molar-refractivity contribution in [3.8, 4) is 0 Å². The minimum atomic E-state index is -0.733. The van der Waals surface area contributed by atoms with Crippen LogP contribution in [0.15, 0.2) is 10.7 Å². The van der Waals surface area contributed by atoms with Gasteiger partial charge >= 0.3 is 5.97 Å². The molecule has 0 saturated carbocycles. The first kappa shape index (κ1) is 13.5. The van der Waals surface area contributed by atoms with Gasteiger partial charge < -0.3 is 5.11 Å². The Morgan fingerprint density at radius 3 is 3.00 bits per heavy atom. The average Bonchev–Trinajstić information content (AvgIpc) is 2.89. The quantitative estimate of drug-likeness (QED) is 0.894. The van der Waals surface area contributed by atoms with Crippen LogP contribution in [-0.2, 0) is 11.3 Å². The maximum absolute atomic E-state index is 11.4. The van der Waals surface area contributed by atoms with E-state index in [1.54, 1.807) is 20.0 Å². The van der Waals surface area contributed by atoms with Crippen LogP contribution in [0.2, 0.25) is 0 Å². The lowest BCUT2D eigenvalue weighted by atomic mass is 9.83. The standard InChI is InChI=1S/C12H18BrN3O2/c1-12(2,11(17)18)10-4-3-5-16(10)7-9-8(13)6-14-15-9/h6,10H,3-5,7H2,1-2H3,(H,14,15)(H,17,18). The predicted molar refractivity (Wildman–Crippen MR) is 71.1 cm³/mol. The van der Waals surface area contributed by atoms with Crippen molar-refractivity contribution >= 4 is 21.9 Å². The van der Waals surface area contributed by atoms with E-state index in [4.69, 9.17) is 0 Å². The minimum absolute atomic E-state index is 0.0743. The zero-order valence-electron chi connectivity index (χ0n) is 10.6. The van der Waals surface area contributed by atoms with Gasteiger partial charge in [-0.2, -0.15) is 5.10 Å². The van der Waals surface area contributed by atoms with Crippen molar-refractivity contribution in [1.29, 1.82) is 0 Å². The molecule has 1 fully saturated rings. The summed E-state index contributed by atoms with van der Waals surface area (Å²) >= 11 is 3.44. The fraction of sp³-hybridized carbons (Fsp3) is 0.667. The number of hydrogen-bond donors (Lipinski definition) is 2. The maximum Gasteiger partial charge on any atom is 0.310 e. The van der Waals surface area contributed by atoms with Gasteiger partial charge in [-0.15, -0.1) is 0 Å². The molecule has 2 heterocycles. The second-order valence-electron chi connectivity index (χ2n) is 5.35. The topological polar surface area (TPSA) is 69.2 Å². The first-order valence-electron chi connectivity index (χ1n) is 6.08. The summed E-state index contributed by atoms with van der Waals surface area (Å²) in [4.78, 5) is 13.6. The average molecular weight is 316 g/mol. The van der Waals surface area contributed by atoms with Gasteiger partial charge in [-0.3, -0.25) is 14.8 Å². The van der Waals surface area contributed by atoms with E-state index in [0.717, 1.165) is 29.6 Å². The molecule has 1 unspecified atom stereocenters. The molecule has 1 aromatic heterocycles. The zero-order chi connectivity index (χ0) is 13.3.